The van der Waals surface area contributed by atoms with E-state index in [1.54, 1.807) is 12.2 Å². The highest BCUT2D eigenvalue weighted by molar-refractivity contribution is 7.46. The van der Waals surface area contributed by atoms with E-state index in [1.807, 2.05) is 12.2 Å². The highest BCUT2D eigenvalue weighted by Crippen LogP contribution is 2.35. The topological polar surface area (TPSA) is 140 Å². The molecular weight excluding hydrogens is 571 g/mol. The smallest absolute Gasteiger partial charge is 0.462 e. The van der Waals surface area contributed by atoms with Crippen LogP contribution in [0.15, 0.2) is 48.6 Å². The first-order valence-corrected chi connectivity index (χ1v) is 17.6. The lowest BCUT2D eigenvalue weighted by Gasteiger charge is -2.18. The molecular formula is C33H57O9P. The molecule has 0 saturated carbocycles. The number of rotatable bonds is 28. The summed E-state index contributed by atoms with van der Waals surface area (Å²) in [5, 5.41) is 10.1. The Morgan fingerprint density at radius 3 is 2.02 bits per heavy atom. The zero-order chi connectivity index (χ0) is 32.0. The predicted molar refractivity (Wildman–Crippen MR) is 171 cm³/mol. The van der Waals surface area contributed by atoms with Crippen LogP contribution in [0.5, 0.6) is 0 Å². The summed E-state index contributed by atoms with van der Waals surface area (Å²) in [5.41, 5.74) is 0. The number of aliphatic hydroxyl groups is 1. The second kappa shape index (κ2) is 28.7. The summed E-state index contributed by atoms with van der Waals surface area (Å²) in [7, 11) is -4.78. The van der Waals surface area contributed by atoms with Gasteiger partial charge in [-0.15, -0.1) is 0 Å². The van der Waals surface area contributed by atoms with E-state index in [4.69, 9.17) is 19.3 Å². The van der Waals surface area contributed by atoms with Crippen molar-refractivity contribution in [2.45, 2.75) is 135 Å². The molecule has 0 aromatic heterocycles. The minimum absolute atomic E-state index is 0.0383. The summed E-state index contributed by atoms with van der Waals surface area (Å²) in [4.78, 5) is 42.3. The Balaban J connectivity index is 4.24. The molecule has 2 atom stereocenters. The number of esters is 2. The average molecular weight is 629 g/mol. The molecule has 0 aliphatic heterocycles. The third-order valence-corrected chi connectivity index (χ3v) is 6.94. The van der Waals surface area contributed by atoms with Crippen molar-refractivity contribution in [3.05, 3.63) is 48.6 Å². The average Bonchev–Trinajstić information content (AvgIpc) is 2.96. The van der Waals surface area contributed by atoms with Crippen LogP contribution in [0.1, 0.15) is 123 Å². The molecule has 0 aliphatic rings. The number of ether oxygens (including phenoxy) is 2. The predicted octanol–water partition coefficient (Wildman–Crippen LogP) is 7.81. The van der Waals surface area contributed by atoms with E-state index in [0.29, 0.717) is 19.3 Å². The van der Waals surface area contributed by atoms with Crippen molar-refractivity contribution in [2.75, 3.05) is 13.2 Å². The van der Waals surface area contributed by atoms with Gasteiger partial charge in [0.05, 0.1) is 12.7 Å². The fourth-order valence-corrected chi connectivity index (χ4v) is 4.36. The number of carbonyl (C=O) groups excluding carboxylic acids is 2. The van der Waals surface area contributed by atoms with Gasteiger partial charge in [0.1, 0.15) is 6.61 Å². The van der Waals surface area contributed by atoms with Crippen LogP contribution in [-0.4, -0.2) is 52.3 Å². The standard InChI is InChI=1S/C33H57O9P/c1-3-5-7-9-11-12-13-14-15-16-18-19-21-24-30(34)25-23-27-32(35)40-28-31(29-41-43(37,38)39)42-33(36)26-22-20-17-10-8-6-4-2/h11-12,14-15,18-19,21,24,30-31,34H,3-10,13,16-17,20,22-23,25-29H2,1-2H3,(H2,37,38,39)/b12-11-,15-14-,19-18-,24-21+/t30-,31-/m1/s1. The molecule has 10 heteroatoms. The minimum atomic E-state index is -4.78. The molecule has 0 unspecified atom stereocenters. The molecule has 248 valence electrons. The van der Waals surface area contributed by atoms with Gasteiger partial charge in [0.15, 0.2) is 6.10 Å². The van der Waals surface area contributed by atoms with Crippen molar-refractivity contribution in [1.82, 2.24) is 0 Å². The fraction of sp³-hybridized carbons (Fsp3) is 0.697. The Bertz CT molecular complexity index is 860. The molecule has 9 nitrogen and oxygen atoms in total. The van der Waals surface area contributed by atoms with Crippen LogP contribution in [-0.2, 0) is 28.2 Å². The maximum atomic E-state index is 12.2. The van der Waals surface area contributed by atoms with Gasteiger partial charge in [-0.05, 0) is 44.9 Å². The third kappa shape index (κ3) is 31.2. The summed E-state index contributed by atoms with van der Waals surface area (Å²) in [6.45, 7) is 3.38. The summed E-state index contributed by atoms with van der Waals surface area (Å²) < 4.78 is 25.9. The molecule has 0 amide bonds. The first-order chi connectivity index (χ1) is 20.7. The Kier molecular flexibility index (Phi) is 27.4. The van der Waals surface area contributed by atoms with E-state index in [9.17, 15) is 19.3 Å². The number of carbonyl (C=O) groups is 2. The van der Waals surface area contributed by atoms with Gasteiger partial charge in [-0.3, -0.25) is 14.1 Å². The largest absolute Gasteiger partial charge is 0.469 e. The number of aliphatic hydroxyl groups excluding tert-OH is 1. The number of phosphoric ester groups is 1. The van der Waals surface area contributed by atoms with Crippen molar-refractivity contribution in [2.24, 2.45) is 0 Å². The number of unbranched alkanes of at least 4 members (excludes halogenated alkanes) is 9. The molecule has 0 spiro atoms. The summed E-state index contributed by atoms with van der Waals surface area (Å²) in [6.07, 6.45) is 29.0. The molecule has 0 saturated heterocycles. The first kappa shape index (κ1) is 41.0. The Morgan fingerprint density at radius 1 is 0.721 bits per heavy atom. The highest BCUT2D eigenvalue weighted by Gasteiger charge is 2.23. The van der Waals surface area contributed by atoms with Crippen LogP contribution < -0.4 is 0 Å². The van der Waals surface area contributed by atoms with E-state index >= 15 is 0 Å². The molecule has 0 aromatic rings. The highest BCUT2D eigenvalue weighted by atomic mass is 31.2. The van der Waals surface area contributed by atoms with Gasteiger partial charge in [0.25, 0.3) is 0 Å². The van der Waals surface area contributed by atoms with Crippen LogP contribution in [0.3, 0.4) is 0 Å². The van der Waals surface area contributed by atoms with Crippen LogP contribution in [0.2, 0.25) is 0 Å². The zero-order valence-electron chi connectivity index (χ0n) is 26.4. The first-order valence-electron chi connectivity index (χ1n) is 16.0. The Morgan fingerprint density at radius 2 is 1.33 bits per heavy atom. The fourth-order valence-electron chi connectivity index (χ4n) is 4.00. The second-order valence-corrected chi connectivity index (χ2v) is 11.9. The van der Waals surface area contributed by atoms with E-state index in [0.717, 1.165) is 38.5 Å². The Labute approximate surface area is 259 Å². The maximum Gasteiger partial charge on any atom is 0.469 e. The SMILES string of the molecule is CCCCC/C=C\C/C=C\C/C=C\C=C\[C@@H](O)CCCC(=O)OC[C@H](COP(=O)(O)O)OC(=O)CCCCCCCCC. The molecule has 0 rings (SSSR count). The van der Waals surface area contributed by atoms with Gasteiger partial charge >= 0.3 is 19.8 Å². The third-order valence-electron chi connectivity index (χ3n) is 6.45. The zero-order valence-corrected chi connectivity index (χ0v) is 27.3. The van der Waals surface area contributed by atoms with Crippen LogP contribution in [0, 0.1) is 0 Å². The van der Waals surface area contributed by atoms with Crippen LogP contribution >= 0.6 is 7.82 Å². The second-order valence-electron chi connectivity index (χ2n) is 10.6. The van der Waals surface area contributed by atoms with Gasteiger partial charge < -0.3 is 24.4 Å². The summed E-state index contributed by atoms with van der Waals surface area (Å²) in [6, 6.07) is 0. The van der Waals surface area contributed by atoms with E-state index in [-0.39, 0.29) is 19.4 Å². The quantitative estimate of drug-likeness (QED) is 0.0260. The van der Waals surface area contributed by atoms with Crippen molar-refractivity contribution in [1.29, 1.82) is 0 Å². The van der Waals surface area contributed by atoms with Crippen LogP contribution in [0.4, 0.5) is 0 Å². The lowest BCUT2D eigenvalue weighted by atomic mass is 10.1. The number of allylic oxidation sites excluding steroid dienone is 7. The molecule has 0 aliphatic carbocycles. The maximum absolute atomic E-state index is 12.2. The van der Waals surface area contributed by atoms with Crippen molar-refractivity contribution >= 4 is 19.8 Å². The molecule has 43 heavy (non-hydrogen) atoms. The van der Waals surface area contributed by atoms with Gasteiger partial charge in [0, 0.05) is 12.8 Å². The number of phosphoric acid groups is 1. The van der Waals surface area contributed by atoms with Crippen molar-refractivity contribution in [3.63, 3.8) is 0 Å². The van der Waals surface area contributed by atoms with Gasteiger partial charge in [0.2, 0.25) is 0 Å². The summed E-state index contributed by atoms with van der Waals surface area (Å²) in [5.74, 6) is -1.10. The Hall–Kier alpha value is -2.03. The van der Waals surface area contributed by atoms with E-state index in [1.165, 1.54) is 38.5 Å². The van der Waals surface area contributed by atoms with Gasteiger partial charge in [-0.25, -0.2) is 4.57 Å². The normalized spacial score (nSPS) is 13.9. The summed E-state index contributed by atoms with van der Waals surface area (Å²) >= 11 is 0. The molecule has 0 aromatic carbocycles. The number of hydrogen-bond acceptors (Lipinski definition) is 7. The van der Waals surface area contributed by atoms with Gasteiger partial charge in [-0.2, -0.15) is 0 Å². The number of hydrogen-bond donors (Lipinski definition) is 3. The molecule has 3 N–H and O–H groups in total. The van der Waals surface area contributed by atoms with E-state index < -0.39 is 38.6 Å². The lowest BCUT2D eigenvalue weighted by Crippen LogP contribution is -2.29. The minimum Gasteiger partial charge on any atom is -0.462 e. The van der Waals surface area contributed by atoms with E-state index in [2.05, 4.69) is 42.7 Å². The molecule has 0 heterocycles. The molecule has 0 fully saturated rings. The van der Waals surface area contributed by atoms with Crippen molar-refractivity contribution in [3.8, 4) is 0 Å². The molecule has 0 radical (unpaired) electrons. The monoisotopic (exact) mass is 628 g/mol. The molecule has 0 bridgehead atoms. The van der Waals surface area contributed by atoms with Crippen molar-refractivity contribution < 1.29 is 43.0 Å². The van der Waals surface area contributed by atoms with Crippen LogP contribution in [0.25, 0.3) is 0 Å². The van der Waals surface area contributed by atoms with Gasteiger partial charge in [-0.1, -0.05) is 114 Å². The lowest BCUT2D eigenvalue weighted by molar-refractivity contribution is -0.161.